The summed E-state index contributed by atoms with van der Waals surface area (Å²) in [4.78, 5) is 70.8. The standard InChI is InChI=1S/C72H87NO10/c1-8-58(51-29-33-81-34-30-51)62-40-55(41-63(49(62)7)66(75)28-26-60-48(6)37-46(4)38-68(60)77)50-21-24-57(25-22-50)82-32-13-9-12-31-80-35-36-83-69-42-54(59-18-14-15-47(59)5)20-19-52(69)23-27-67(76)65-43-56(74)44-73(65)72(79)70(45(2)3)64-39-53-16-10-11-17-61(53)71(64)78/h10-11,14-17,19-22,24-25,37,40-42,45,51,56,58,64-65,70,74H,8-9,12-13,18,23,26-36,38-39,43-44H2,1-7H3/t56-,58?,64?,65?,70?/m1/s1. The lowest BCUT2D eigenvalue weighted by Crippen LogP contribution is -2.47. The number of ether oxygens (including phenoxy) is 4. The molecule has 2 fully saturated rings. The van der Waals surface area contributed by atoms with Crippen LogP contribution in [0.3, 0.4) is 0 Å². The smallest absolute Gasteiger partial charge is 0.227 e. The number of fused-ring (bicyclic) bond motifs is 1. The topological polar surface area (TPSA) is 146 Å². The number of ketones is 4. The van der Waals surface area contributed by atoms with E-state index in [9.17, 15) is 29.1 Å². The van der Waals surface area contributed by atoms with Gasteiger partial charge in [-0.3, -0.25) is 24.0 Å². The molecule has 0 bridgehead atoms. The van der Waals surface area contributed by atoms with Crippen LogP contribution in [-0.4, -0.2) is 97.4 Å². The van der Waals surface area contributed by atoms with E-state index in [-0.39, 0.29) is 54.3 Å². The van der Waals surface area contributed by atoms with Gasteiger partial charge in [-0.2, -0.15) is 0 Å². The van der Waals surface area contributed by atoms with Crippen molar-refractivity contribution in [2.24, 2.45) is 23.7 Å². The van der Waals surface area contributed by atoms with Crippen molar-refractivity contribution in [3.05, 3.63) is 158 Å². The second-order valence-electron chi connectivity index (χ2n) is 24.3. The Balaban J connectivity index is 0.752. The van der Waals surface area contributed by atoms with Gasteiger partial charge in [-0.05, 0) is 195 Å². The molecule has 11 heteroatoms. The molecule has 4 aromatic carbocycles. The van der Waals surface area contributed by atoms with Crippen molar-refractivity contribution < 1.29 is 48.0 Å². The van der Waals surface area contributed by atoms with Crippen molar-refractivity contribution in [2.45, 2.75) is 156 Å². The minimum absolute atomic E-state index is 0.0207. The van der Waals surface area contributed by atoms with Crippen LogP contribution in [0.2, 0.25) is 0 Å². The largest absolute Gasteiger partial charge is 0.494 e. The molecular weight excluding hydrogens is 1040 g/mol. The number of nitrogens with zero attached hydrogens (tertiary/aromatic N) is 1. The van der Waals surface area contributed by atoms with Crippen LogP contribution in [0.1, 0.15) is 173 Å². The third kappa shape index (κ3) is 14.7. The van der Waals surface area contributed by atoms with Crippen molar-refractivity contribution in [3.8, 4) is 22.6 Å². The summed E-state index contributed by atoms with van der Waals surface area (Å²) < 4.78 is 24.4. The van der Waals surface area contributed by atoms with Crippen LogP contribution in [0.4, 0.5) is 0 Å². The molecule has 83 heavy (non-hydrogen) atoms. The Labute approximate surface area is 492 Å². The van der Waals surface area contributed by atoms with Crippen LogP contribution in [0.25, 0.3) is 16.7 Å². The van der Waals surface area contributed by atoms with Gasteiger partial charge in [0.25, 0.3) is 0 Å². The highest BCUT2D eigenvalue weighted by Crippen LogP contribution is 2.42. The first-order valence-electron chi connectivity index (χ1n) is 30.8. The van der Waals surface area contributed by atoms with E-state index in [1.54, 1.807) is 4.90 Å². The number of unbranched alkanes of at least 4 members (excludes halogenated alkanes) is 2. The fraction of sp³-hybridized carbons (Fsp3) is 0.486. The summed E-state index contributed by atoms with van der Waals surface area (Å²) >= 11 is 0. The molecule has 2 heterocycles. The Morgan fingerprint density at radius 2 is 1.55 bits per heavy atom. The molecule has 0 spiro atoms. The summed E-state index contributed by atoms with van der Waals surface area (Å²) in [6.45, 7) is 17.8. The SMILES string of the molecule is CCC(c1cc(-c2ccc(OCCCCCOCCOc3cc(C4=C(C)C=CC4)ccc3CCC(=O)C3C[C@@H](O)CN3C(=O)C(C(C)C)C3Cc4ccccc4C3=O)cc2)cc(C(=O)CCC2=C(C)C=C(C)CC2=O)c1C)C1CCOCC1. The van der Waals surface area contributed by atoms with E-state index >= 15 is 0 Å². The van der Waals surface area contributed by atoms with E-state index < -0.39 is 24.0 Å². The minimum Gasteiger partial charge on any atom is -0.494 e. The zero-order valence-electron chi connectivity index (χ0n) is 50.2. The highest BCUT2D eigenvalue weighted by Gasteiger charge is 2.47. The maximum Gasteiger partial charge on any atom is 0.227 e. The van der Waals surface area contributed by atoms with Crippen LogP contribution < -0.4 is 9.47 Å². The van der Waals surface area contributed by atoms with Gasteiger partial charge in [0.15, 0.2) is 23.1 Å². The van der Waals surface area contributed by atoms with Crippen LogP contribution in [0.5, 0.6) is 11.5 Å². The lowest BCUT2D eigenvalue weighted by molar-refractivity contribution is -0.143. The number of benzene rings is 4. The Bertz CT molecular complexity index is 3150. The zero-order chi connectivity index (χ0) is 58.7. The molecule has 2 saturated heterocycles. The van der Waals surface area contributed by atoms with Crippen molar-refractivity contribution in [3.63, 3.8) is 0 Å². The quantitative estimate of drug-likeness (QED) is 0.0452. The van der Waals surface area contributed by atoms with Gasteiger partial charge in [-0.15, -0.1) is 0 Å². The van der Waals surface area contributed by atoms with E-state index in [4.69, 9.17) is 18.9 Å². The summed E-state index contributed by atoms with van der Waals surface area (Å²) in [5, 5.41) is 10.9. The summed E-state index contributed by atoms with van der Waals surface area (Å²) in [5.41, 5.74) is 13.9. The molecular formula is C72H87NO10. The van der Waals surface area contributed by atoms with Crippen LogP contribution in [0, 0.1) is 30.6 Å². The number of aliphatic hydroxyl groups excluding tert-OH is 1. The normalized spacial score (nSPS) is 19.9. The number of allylic oxidation sites excluding steroid dienone is 8. The highest BCUT2D eigenvalue weighted by atomic mass is 16.5. The number of carbonyl (C=O) groups is 5. The number of likely N-dealkylation sites (tertiary alicyclic amines) is 1. The lowest BCUT2D eigenvalue weighted by Gasteiger charge is -2.32. The second-order valence-corrected chi connectivity index (χ2v) is 24.3. The van der Waals surface area contributed by atoms with E-state index in [1.165, 1.54) is 16.7 Å². The first-order valence-corrected chi connectivity index (χ1v) is 30.8. The van der Waals surface area contributed by atoms with Gasteiger partial charge in [0, 0.05) is 69.1 Å². The first-order chi connectivity index (χ1) is 40.1. The molecule has 4 aromatic rings. The lowest BCUT2D eigenvalue weighted by atomic mass is 9.76. The predicted molar refractivity (Wildman–Crippen MR) is 327 cm³/mol. The Kier molecular flexibility index (Phi) is 20.9. The average Bonchev–Trinajstić information content (AvgIpc) is 3.35. The van der Waals surface area contributed by atoms with Crippen molar-refractivity contribution in [1.29, 1.82) is 0 Å². The summed E-state index contributed by atoms with van der Waals surface area (Å²) in [7, 11) is 0. The summed E-state index contributed by atoms with van der Waals surface area (Å²) in [6.07, 6.45) is 14.5. The molecule has 4 unspecified atom stereocenters. The molecule has 2 aliphatic heterocycles. The second kappa shape index (κ2) is 28.4. The number of β-amino-alcohol motifs (C(OH)–C–C–N with tert-alkyl or cyclic N) is 1. The van der Waals surface area contributed by atoms with Gasteiger partial charge >= 0.3 is 0 Å². The van der Waals surface area contributed by atoms with Crippen molar-refractivity contribution >= 4 is 34.6 Å². The van der Waals surface area contributed by atoms with Crippen LogP contribution in [0.15, 0.2) is 119 Å². The maximum absolute atomic E-state index is 14.4. The maximum atomic E-state index is 14.4. The Hall–Kier alpha value is -6.53. The number of carbonyl (C=O) groups excluding carboxylic acids is 5. The van der Waals surface area contributed by atoms with E-state index in [1.807, 2.05) is 70.2 Å². The van der Waals surface area contributed by atoms with Crippen LogP contribution >= 0.6 is 0 Å². The number of aryl methyl sites for hydroxylation is 1. The number of hydrogen-bond acceptors (Lipinski definition) is 10. The predicted octanol–water partition coefficient (Wildman–Crippen LogP) is 13.9. The molecule has 11 nitrogen and oxygen atoms in total. The van der Waals surface area contributed by atoms with E-state index in [0.29, 0.717) is 81.7 Å². The molecule has 0 aromatic heterocycles. The van der Waals surface area contributed by atoms with Crippen LogP contribution in [-0.2, 0) is 36.7 Å². The van der Waals surface area contributed by atoms with Gasteiger partial charge in [-0.1, -0.05) is 99.2 Å². The first kappa shape index (κ1) is 61.0. The third-order valence-corrected chi connectivity index (χ3v) is 18.3. The monoisotopic (exact) mass is 1130 g/mol. The fourth-order valence-corrected chi connectivity index (χ4v) is 13.7. The van der Waals surface area contributed by atoms with E-state index in [2.05, 4.69) is 75.4 Å². The van der Waals surface area contributed by atoms with Crippen molar-refractivity contribution in [2.75, 3.05) is 46.2 Å². The zero-order valence-corrected chi connectivity index (χ0v) is 50.2. The molecule has 0 saturated carbocycles. The third-order valence-electron chi connectivity index (χ3n) is 18.3. The van der Waals surface area contributed by atoms with Gasteiger partial charge < -0.3 is 29.0 Å². The van der Waals surface area contributed by atoms with Gasteiger partial charge in [0.1, 0.15) is 18.1 Å². The molecule has 440 valence electrons. The molecule has 9 rings (SSSR count). The average molecular weight is 1130 g/mol. The van der Waals surface area contributed by atoms with Gasteiger partial charge in [0.05, 0.1) is 31.3 Å². The molecule has 5 aliphatic rings. The molecule has 5 atom stereocenters. The Morgan fingerprint density at radius 1 is 0.795 bits per heavy atom. The molecule has 3 aliphatic carbocycles. The molecule has 1 N–H and O–H groups in total. The minimum atomic E-state index is -0.815. The summed E-state index contributed by atoms with van der Waals surface area (Å²) in [5.74, 6) is 0.916. The fourth-order valence-electron chi connectivity index (χ4n) is 13.7. The Morgan fingerprint density at radius 3 is 2.28 bits per heavy atom. The molecule has 0 radical (unpaired) electrons. The molecule has 1 amide bonds. The number of amides is 1. The number of hydrogen-bond donors (Lipinski definition) is 1. The summed E-state index contributed by atoms with van der Waals surface area (Å²) in [6, 6.07) is 25.5. The number of rotatable bonds is 27. The highest BCUT2D eigenvalue weighted by molar-refractivity contribution is 6.05. The van der Waals surface area contributed by atoms with Crippen molar-refractivity contribution in [1.82, 2.24) is 4.90 Å². The number of aliphatic hydroxyl groups is 1. The number of Topliss-reactive ketones (excluding diaryl/α,β-unsaturated/α-hetero) is 4. The van der Waals surface area contributed by atoms with E-state index in [0.717, 1.165) is 120 Å². The van der Waals surface area contributed by atoms with Gasteiger partial charge in [-0.25, -0.2) is 0 Å². The van der Waals surface area contributed by atoms with Gasteiger partial charge in [0.2, 0.25) is 5.91 Å².